The van der Waals surface area contributed by atoms with Crippen molar-refractivity contribution in [3.8, 4) is 0 Å². The van der Waals surface area contributed by atoms with E-state index in [9.17, 15) is 0 Å². The van der Waals surface area contributed by atoms with E-state index in [0.717, 1.165) is 11.5 Å². The lowest BCUT2D eigenvalue weighted by Crippen LogP contribution is -2.26. The SMILES string of the molecule is Cc1cccc(N(C)C(C)C)n1. The highest BCUT2D eigenvalue weighted by Gasteiger charge is 2.04. The van der Waals surface area contributed by atoms with Crippen LogP contribution in [0.4, 0.5) is 5.82 Å². The third-order valence-electron chi connectivity index (χ3n) is 2.01. The van der Waals surface area contributed by atoms with Gasteiger partial charge in [-0.25, -0.2) is 4.98 Å². The quantitative estimate of drug-likeness (QED) is 0.666. The number of hydrogen-bond donors (Lipinski definition) is 0. The zero-order chi connectivity index (χ0) is 9.14. The number of aryl methyl sites for hydroxylation is 1. The molecule has 0 atom stereocenters. The van der Waals surface area contributed by atoms with E-state index >= 15 is 0 Å². The van der Waals surface area contributed by atoms with Crippen molar-refractivity contribution in [2.45, 2.75) is 26.8 Å². The third kappa shape index (κ3) is 1.97. The van der Waals surface area contributed by atoms with Crippen LogP contribution in [0.5, 0.6) is 0 Å². The summed E-state index contributed by atoms with van der Waals surface area (Å²) >= 11 is 0. The first-order valence-electron chi connectivity index (χ1n) is 4.27. The number of anilines is 1. The number of aromatic nitrogens is 1. The molecule has 1 heterocycles. The summed E-state index contributed by atoms with van der Waals surface area (Å²) in [5.41, 5.74) is 1.07. The lowest BCUT2D eigenvalue weighted by molar-refractivity contribution is 0.742. The van der Waals surface area contributed by atoms with Gasteiger partial charge in [0.15, 0.2) is 0 Å². The first-order valence-corrected chi connectivity index (χ1v) is 4.27. The summed E-state index contributed by atoms with van der Waals surface area (Å²) in [7, 11) is 2.06. The molecular formula is C10H16N2. The molecule has 0 bridgehead atoms. The number of hydrogen-bond acceptors (Lipinski definition) is 2. The summed E-state index contributed by atoms with van der Waals surface area (Å²) in [6.07, 6.45) is 0. The lowest BCUT2D eigenvalue weighted by Gasteiger charge is -2.22. The van der Waals surface area contributed by atoms with Gasteiger partial charge in [0, 0.05) is 18.8 Å². The minimum Gasteiger partial charge on any atom is -0.357 e. The van der Waals surface area contributed by atoms with Crippen molar-refractivity contribution in [2.24, 2.45) is 0 Å². The lowest BCUT2D eigenvalue weighted by atomic mass is 10.3. The maximum Gasteiger partial charge on any atom is 0.128 e. The highest BCUT2D eigenvalue weighted by Crippen LogP contribution is 2.11. The molecule has 1 aromatic rings. The van der Waals surface area contributed by atoms with E-state index < -0.39 is 0 Å². The molecule has 0 aliphatic heterocycles. The minimum absolute atomic E-state index is 0.499. The summed E-state index contributed by atoms with van der Waals surface area (Å²) in [5.74, 6) is 1.05. The average molecular weight is 164 g/mol. The van der Waals surface area contributed by atoms with Crippen LogP contribution in [-0.4, -0.2) is 18.1 Å². The summed E-state index contributed by atoms with van der Waals surface area (Å²) in [4.78, 5) is 6.58. The van der Waals surface area contributed by atoms with Crippen molar-refractivity contribution in [2.75, 3.05) is 11.9 Å². The molecule has 0 saturated carbocycles. The predicted molar refractivity (Wildman–Crippen MR) is 52.5 cm³/mol. The molecule has 0 amide bonds. The smallest absolute Gasteiger partial charge is 0.128 e. The molecule has 0 saturated heterocycles. The number of rotatable bonds is 2. The van der Waals surface area contributed by atoms with E-state index in [4.69, 9.17) is 0 Å². The van der Waals surface area contributed by atoms with Gasteiger partial charge in [0.2, 0.25) is 0 Å². The Kier molecular flexibility index (Phi) is 2.69. The van der Waals surface area contributed by atoms with Crippen molar-refractivity contribution in [1.29, 1.82) is 0 Å². The van der Waals surface area contributed by atoms with Crippen LogP contribution >= 0.6 is 0 Å². The minimum atomic E-state index is 0.499. The molecule has 1 rings (SSSR count). The fourth-order valence-electron chi connectivity index (χ4n) is 0.990. The van der Waals surface area contributed by atoms with Crippen LogP contribution in [0.25, 0.3) is 0 Å². The van der Waals surface area contributed by atoms with Crippen LogP contribution in [-0.2, 0) is 0 Å². The number of pyridine rings is 1. The Morgan fingerprint density at radius 1 is 1.33 bits per heavy atom. The van der Waals surface area contributed by atoms with Gasteiger partial charge in [-0.05, 0) is 32.9 Å². The first-order chi connectivity index (χ1) is 5.61. The fourth-order valence-corrected chi connectivity index (χ4v) is 0.990. The van der Waals surface area contributed by atoms with Gasteiger partial charge in [-0.2, -0.15) is 0 Å². The van der Waals surface area contributed by atoms with Crippen LogP contribution in [0.1, 0.15) is 19.5 Å². The molecule has 2 nitrogen and oxygen atoms in total. The second kappa shape index (κ2) is 3.57. The largest absolute Gasteiger partial charge is 0.357 e. The van der Waals surface area contributed by atoms with Crippen LogP contribution in [0.3, 0.4) is 0 Å². The topological polar surface area (TPSA) is 16.1 Å². The van der Waals surface area contributed by atoms with Crippen LogP contribution < -0.4 is 4.90 Å². The molecule has 0 spiro atoms. The highest BCUT2D eigenvalue weighted by atomic mass is 15.2. The van der Waals surface area contributed by atoms with Crippen molar-refractivity contribution < 1.29 is 0 Å². The van der Waals surface area contributed by atoms with E-state index in [-0.39, 0.29) is 0 Å². The third-order valence-corrected chi connectivity index (χ3v) is 2.01. The van der Waals surface area contributed by atoms with Crippen LogP contribution in [0.2, 0.25) is 0 Å². The van der Waals surface area contributed by atoms with Gasteiger partial charge in [0.05, 0.1) is 0 Å². The Hall–Kier alpha value is -1.05. The van der Waals surface area contributed by atoms with E-state index in [1.54, 1.807) is 0 Å². The fraction of sp³-hybridized carbons (Fsp3) is 0.500. The maximum absolute atomic E-state index is 4.42. The van der Waals surface area contributed by atoms with Gasteiger partial charge in [0.25, 0.3) is 0 Å². The summed E-state index contributed by atoms with van der Waals surface area (Å²) < 4.78 is 0. The van der Waals surface area contributed by atoms with Gasteiger partial charge in [-0.15, -0.1) is 0 Å². The molecule has 12 heavy (non-hydrogen) atoms. The molecule has 0 N–H and O–H groups in total. The average Bonchev–Trinajstić information content (AvgIpc) is 2.03. The molecule has 0 aromatic carbocycles. The second-order valence-corrected chi connectivity index (χ2v) is 3.34. The van der Waals surface area contributed by atoms with Gasteiger partial charge < -0.3 is 4.90 Å². The maximum atomic E-state index is 4.42. The van der Waals surface area contributed by atoms with Crippen molar-refractivity contribution >= 4 is 5.82 Å². The second-order valence-electron chi connectivity index (χ2n) is 3.34. The van der Waals surface area contributed by atoms with Gasteiger partial charge >= 0.3 is 0 Å². The molecule has 0 aliphatic carbocycles. The first kappa shape index (κ1) is 9.04. The highest BCUT2D eigenvalue weighted by molar-refractivity contribution is 5.38. The van der Waals surface area contributed by atoms with Crippen LogP contribution in [0, 0.1) is 6.92 Å². The monoisotopic (exact) mass is 164 g/mol. The summed E-state index contributed by atoms with van der Waals surface area (Å²) in [6, 6.07) is 6.58. The Morgan fingerprint density at radius 2 is 2.00 bits per heavy atom. The van der Waals surface area contributed by atoms with E-state index in [1.807, 2.05) is 25.1 Å². The van der Waals surface area contributed by atoms with Gasteiger partial charge in [-0.1, -0.05) is 6.07 Å². The Bertz CT molecular complexity index is 256. The zero-order valence-corrected chi connectivity index (χ0v) is 8.20. The Balaban J connectivity index is 2.88. The Labute approximate surface area is 74.2 Å². The molecule has 66 valence electrons. The van der Waals surface area contributed by atoms with Crippen LogP contribution in [0.15, 0.2) is 18.2 Å². The van der Waals surface area contributed by atoms with Crippen molar-refractivity contribution in [3.63, 3.8) is 0 Å². The molecule has 1 aromatic heterocycles. The molecular weight excluding hydrogens is 148 g/mol. The van der Waals surface area contributed by atoms with Gasteiger partial charge in [-0.3, -0.25) is 0 Å². The van der Waals surface area contributed by atoms with E-state index in [1.165, 1.54) is 0 Å². The summed E-state index contributed by atoms with van der Waals surface area (Å²) in [6.45, 7) is 6.33. The molecule has 0 unspecified atom stereocenters. The number of nitrogens with zero attached hydrogens (tertiary/aromatic N) is 2. The van der Waals surface area contributed by atoms with Gasteiger partial charge in [0.1, 0.15) is 5.82 Å². The van der Waals surface area contributed by atoms with E-state index in [0.29, 0.717) is 6.04 Å². The zero-order valence-electron chi connectivity index (χ0n) is 8.20. The molecule has 0 aliphatic rings. The molecule has 2 heteroatoms. The van der Waals surface area contributed by atoms with Crippen molar-refractivity contribution in [3.05, 3.63) is 23.9 Å². The Morgan fingerprint density at radius 3 is 2.50 bits per heavy atom. The van der Waals surface area contributed by atoms with E-state index in [2.05, 4.69) is 30.8 Å². The predicted octanol–water partition coefficient (Wildman–Crippen LogP) is 2.23. The summed E-state index contributed by atoms with van der Waals surface area (Å²) in [5, 5.41) is 0. The molecule has 0 fully saturated rings. The normalized spacial score (nSPS) is 10.4. The standard InChI is InChI=1S/C10H16N2/c1-8(2)12(4)10-7-5-6-9(3)11-10/h5-8H,1-4H3. The molecule has 0 radical (unpaired) electrons. The van der Waals surface area contributed by atoms with Crippen molar-refractivity contribution in [1.82, 2.24) is 4.98 Å².